The van der Waals surface area contributed by atoms with Crippen LogP contribution in [-0.2, 0) is 9.59 Å². The predicted octanol–water partition coefficient (Wildman–Crippen LogP) is 4.47. The number of nitrogens with zero attached hydrogens (tertiary/aromatic N) is 2. The average molecular weight is 444 g/mol. The van der Waals surface area contributed by atoms with Crippen LogP contribution in [0, 0.1) is 20.8 Å². The Kier molecular flexibility index (Phi) is 5.87. The topological polar surface area (TPSA) is 80.6 Å². The summed E-state index contributed by atoms with van der Waals surface area (Å²) in [6.07, 6.45) is 1.54. The van der Waals surface area contributed by atoms with Crippen molar-refractivity contribution in [2.75, 3.05) is 11.5 Å². The highest BCUT2D eigenvalue weighted by Gasteiger charge is 2.37. The number of rotatable bonds is 5. The lowest BCUT2D eigenvalue weighted by molar-refractivity contribution is -0.122. The van der Waals surface area contributed by atoms with Gasteiger partial charge in [-0.2, -0.15) is 0 Å². The van der Waals surface area contributed by atoms with Gasteiger partial charge in [0.2, 0.25) is 0 Å². The fourth-order valence-corrected chi connectivity index (χ4v) is 3.93. The molecule has 1 saturated heterocycles. The molecule has 2 aromatic carbocycles. The molecule has 0 aliphatic carbocycles. The zero-order chi connectivity index (χ0) is 23.7. The van der Waals surface area contributed by atoms with Gasteiger partial charge in [0.25, 0.3) is 11.8 Å². The molecule has 0 saturated carbocycles. The summed E-state index contributed by atoms with van der Waals surface area (Å²) in [7, 11) is 0. The Morgan fingerprint density at radius 1 is 0.909 bits per heavy atom. The minimum absolute atomic E-state index is 0.104. The molecular formula is C26H25N3O4. The standard InChI is InChI=1S/C26H25N3O4/c1-5-33-22-12-10-21(11-13-22)29-25(31)23(24(30)27-26(29)32)15-19-14-17(3)28(18(19)4)20-8-6-16(2)7-9-20/h6-15H,5H2,1-4H3,(H,27,30,32). The molecule has 0 spiro atoms. The van der Waals surface area contributed by atoms with Crippen LogP contribution in [-0.4, -0.2) is 29.0 Å². The summed E-state index contributed by atoms with van der Waals surface area (Å²) in [5.41, 5.74) is 4.97. The minimum Gasteiger partial charge on any atom is -0.494 e. The summed E-state index contributed by atoms with van der Waals surface area (Å²) in [6.45, 7) is 8.30. The third-order valence-electron chi connectivity index (χ3n) is 5.57. The number of urea groups is 1. The second kappa shape index (κ2) is 8.78. The number of aromatic nitrogens is 1. The van der Waals surface area contributed by atoms with Crippen LogP contribution >= 0.6 is 0 Å². The van der Waals surface area contributed by atoms with Gasteiger partial charge in [0.15, 0.2) is 0 Å². The Balaban J connectivity index is 1.71. The fraction of sp³-hybridized carbons (Fsp3) is 0.192. The molecule has 33 heavy (non-hydrogen) atoms. The number of benzene rings is 2. The first-order chi connectivity index (χ1) is 15.8. The number of amides is 4. The molecule has 3 aromatic rings. The molecule has 1 aliphatic heterocycles. The molecule has 1 fully saturated rings. The minimum atomic E-state index is -0.781. The highest BCUT2D eigenvalue weighted by molar-refractivity contribution is 6.39. The van der Waals surface area contributed by atoms with Crippen molar-refractivity contribution in [2.24, 2.45) is 0 Å². The Morgan fingerprint density at radius 2 is 1.55 bits per heavy atom. The van der Waals surface area contributed by atoms with Crippen LogP contribution in [0.15, 0.2) is 60.2 Å². The second-order valence-corrected chi connectivity index (χ2v) is 7.88. The normalized spacial score (nSPS) is 15.2. The SMILES string of the molecule is CCOc1ccc(N2C(=O)NC(=O)C(=Cc3cc(C)n(-c4ccc(C)cc4)c3C)C2=O)cc1. The van der Waals surface area contributed by atoms with Crippen LogP contribution < -0.4 is 15.0 Å². The fourth-order valence-electron chi connectivity index (χ4n) is 3.93. The Bertz CT molecular complexity index is 1270. The summed E-state index contributed by atoms with van der Waals surface area (Å²) in [5, 5.41) is 2.27. The number of imide groups is 2. The molecule has 7 nitrogen and oxygen atoms in total. The van der Waals surface area contributed by atoms with Gasteiger partial charge in [0, 0.05) is 17.1 Å². The Morgan fingerprint density at radius 3 is 2.18 bits per heavy atom. The van der Waals surface area contributed by atoms with E-state index in [9.17, 15) is 14.4 Å². The third-order valence-corrected chi connectivity index (χ3v) is 5.57. The van der Waals surface area contributed by atoms with Crippen LogP contribution in [0.5, 0.6) is 5.75 Å². The maximum atomic E-state index is 13.2. The van der Waals surface area contributed by atoms with E-state index in [-0.39, 0.29) is 5.57 Å². The van der Waals surface area contributed by atoms with Crippen molar-refractivity contribution in [3.8, 4) is 11.4 Å². The maximum Gasteiger partial charge on any atom is 0.335 e. The lowest BCUT2D eigenvalue weighted by Crippen LogP contribution is -2.54. The van der Waals surface area contributed by atoms with E-state index >= 15 is 0 Å². The highest BCUT2D eigenvalue weighted by Crippen LogP contribution is 2.27. The number of hydrogen-bond acceptors (Lipinski definition) is 4. The maximum absolute atomic E-state index is 13.2. The van der Waals surface area contributed by atoms with Crippen molar-refractivity contribution < 1.29 is 19.1 Å². The lowest BCUT2D eigenvalue weighted by Gasteiger charge is -2.26. The summed E-state index contributed by atoms with van der Waals surface area (Å²) in [6, 6.07) is 15.8. The van der Waals surface area contributed by atoms with E-state index in [0.29, 0.717) is 18.0 Å². The van der Waals surface area contributed by atoms with Gasteiger partial charge < -0.3 is 9.30 Å². The molecule has 4 rings (SSSR count). The summed E-state index contributed by atoms with van der Waals surface area (Å²) < 4.78 is 7.48. The second-order valence-electron chi connectivity index (χ2n) is 7.88. The summed E-state index contributed by atoms with van der Waals surface area (Å²) in [5.74, 6) is -0.762. The molecular weight excluding hydrogens is 418 g/mol. The van der Waals surface area contributed by atoms with Crippen LogP contribution in [0.2, 0.25) is 0 Å². The van der Waals surface area contributed by atoms with Gasteiger partial charge in [-0.05, 0) is 81.8 Å². The number of aryl methyl sites for hydroxylation is 2. The van der Waals surface area contributed by atoms with E-state index in [4.69, 9.17) is 4.74 Å². The van der Waals surface area contributed by atoms with Gasteiger partial charge in [-0.1, -0.05) is 17.7 Å². The van der Waals surface area contributed by atoms with Gasteiger partial charge in [-0.3, -0.25) is 14.9 Å². The molecule has 7 heteroatoms. The number of barbiturate groups is 1. The summed E-state index contributed by atoms with van der Waals surface area (Å²) >= 11 is 0. The predicted molar refractivity (Wildman–Crippen MR) is 127 cm³/mol. The molecule has 2 heterocycles. The average Bonchev–Trinajstić information content (AvgIpc) is 3.06. The van der Waals surface area contributed by atoms with Crippen molar-refractivity contribution >= 4 is 29.6 Å². The summed E-state index contributed by atoms with van der Waals surface area (Å²) in [4.78, 5) is 39.2. The third kappa shape index (κ3) is 4.17. The van der Waals surface area contributed by atoms with Gasteiger partial charge in [-0.15, -0.1) is 0 Å². The molecule has 4 amide bonds. The monoisotopic (exact) mass is 443 g/mol. The highest BCUT2D eigenvalue weighted by atomic mass is 16.5. The number of ether oxygens (including phenoxy) is 1. The van der Waals surface area contributed by atoms with E-state index in [1.54, 1.807) is 30.3 Å². The van der Waals surface area contributed by atoms with Gasteiger partial charge in [0.05, 0.1) is 12.3 Å². The van der Waals surface area contributed by atoms with E-state index in [1.165, 1.54) is 0 Å². The zero-order valence-corrected chi connectivity index (χ0v) is 19.0. The van der Waals surface area contributed by atoms with E-state index in [2.05, 4.69) is 9.88 Å². The van der Waals surface area contributed by atoms with Crippen LogP contribution in [0.3, 0.4) is 0 Å². The molecule has 0 atom stereocenters. The van der Waals surface area contributed by atoms with Crippen LogP contribution in [0.4, 0.5) is 10.5 Å². The molecule has 0 radical (unpaired) electrons. The lowest BCUT2D eigenvalue weighted by atomic mass is 10.1. The van der Waals surface area contributed by atoms with E-state index in [0.717, 1.165) is 33.1 Å². The van der Waals surface area contributed by atoms with Gasteiger partial charge >= 0.3 is 6.03 Å². The van der Waals surface area contributed by atoms with Crippen LogP contribution in [0.1, 0.15) is 29.4 Å². The smallest absolute Gasteiger partial charge is 0.335 e. The number of hydrogen-bond donors (Lipinski definition) is 1. The number of nitrogens with one attached hydrogen (secondary N) is 1. The van der Waals surface area contributed by atoms with Crippen LogP contribution in [0.25, 0.3) is 11.8 Å². The Hall–Kier alpha value is -4.13. The quantitative estimate of drug-likeness (QED) is 0.466. The first-order valence-electron chi connectivity index (χ1n) is 10.7. The molecule has 1 N–H and O–H groups in total. The van der Waals surface area contributed by atoms with Gasteiger partial charge in [-0.25, -0.2) is 9.69 Å². The van der Waals surface area contributed by atoms with Crippen molar-refractivity contribution in [1.82, 2.24) is 9.88 Å². The number of carbonyl (C=O) groups excluding carboxylic acids is 3. The number of carbonyl (C=O) groups is 3. The molecule has 1 aliphatic rings. The molecule has 1 aromatic heterocycles. The van der Waals surface area contributed by atoms with Gasteiger partial charge in [0.1, 0.15) is 11.3 Å². The zero-order valence-electron chi connectivity index (χ0n) is 19.0. The van der Waals surface area contributed by atoms with Crippen molar-refractivity contribution in [2.45, 2.75) is 27.7 Å². The number of anilines is 1. The van der Waals surface area contributed by atoms with E-state index in [1.807, 2.05) is 58.0 Å². The Labute approximate surface area is 192 Å². The molecule has 0 bridgehead atoms. The van der Waals surface area contributed by atoms with Crippen molar-refractivity contribution in [1.29, 1.82) is 0 Å². The molecule has 0 unspecified atom stereocenters. The first-order valence-corrected chi connectivity index (χ1v) is 10.7. The largest absolute Gasteiger partial charge is 0.494 e. The van der Waals surface area contributed by atoms with Crippen molar-refractivity contribution in [3.05, 3.63) is 82.7 Å². The first kappa shape index (κ1) is 22.1. The van der Waals surface area contributed by atoms with E-state index < -0.39 is 17.8 Å². The molecule has 168 valence electrons. The van der Waals surface area contributed by atoms with Crippen molar-refractivity contribution in [3.63, 3.8) is 0 Å².